The third-order valence-corrected chi connectivity index (χ3v) is 16.4. The van der Waals surface area contributed by atoms with Gasteiger partial charge in [0.2, 0.25) is 0 Å². The van der Waals surface area contributed by atoms with Crippen LogP contribution in [0.4, 0.5) is 0 Å². The molecule has 0 amide bonds. The van der Waals surface area contributed by atoms with Crippen molar-refractivity contribution < 1.29 is 0 Å². The van der Waals surface area contributed by atoms with E-state index in [2.05, 4.69) is 264 Å². The Morgan fingerprint density at radius 1 is 0.229 bits per heavy atom. The molecule has 0 aliphatic heterocycles. The first-order valence-corrected chi connectivity index (χ1v) is 24.5. The topological polar surface area (TPSA) is 9.86 Å². The van der Waals surface area contributed by atoms with Crippen LogP contribution < -0.4 is 0 Å². The number of benzene rings is 11. The summed E-state index contributed by atoms with van der Waals surface area (Å²) in [6.45, 7) is 0. The van der Waals surface area contributed by atoms with Gasteiger partial charge in [-0.1, -0.05) is 212 Å². The highest BCUT2D eigenvalue weighted by Crippen LogP contribution is 2.68. The van der Waals surface area contributed by atoms with Crippen molar-refractivity contribution in [1.29, 1.82) is 0 Å². The molecular weight excluding hydrogens is 845 g/mol. The maximum absolute atomic E-state index is 2.54. The van der Waals surface area contributed by atoms with Crippen LogP contribution in [0.5, 0.6) is 0 Å². The summed E-state index contributed by atoms with van der Waals surface area (Å²) in [4.78, 5) is 0. The second-order valence-corrected chi connectivity index (χ2v) is 19.4. The molecule has 2 heteroatoms. The molecular formula is C68H42N2. The van der Waals surface area contributed by atoms with Gasteiger partial charge < -0.3 is 9.13 Å². The van der Waals surface area contributed by atoms with Crippen molar-refractivity contribution in [2.45, 2.75) is 10.8 Å². The van der Waals surface area contributed by atoms with E-state index in [0.29, 0.717) is 0 Å². The fraction of sp³-hybridized carbons (Fsp3) is 0.0294. The summed E-state index contributed by atoms with van der Waals surface area (Å²) in [5, 5.41) is 5.04. The van der Waals surface area contributed by atoms with E-state index in [1.54, 1.807) is 0 Å². The lowest BCUT2D eigenvalue weighted by molar-refractivity contribution is 0.632. The van der Waals surface area contributed by atoms with E-state index in [9.17, 15) is 0 Å². The number of hydrogen-bond donors (Lipinski definition) is 0. The molecule has 2 heterocycles. The van der Waals surface area contributed by atoms with Crippen LogP contribution in [-0.4, -0.2) is 9.13 Å². The van der Waals surface area contributed by atoms with Crippen LogP contribution in [0, 0.1) is 0 Å². The molecule has 0 fully saturated rings. The van der Waals surface area contributed by atoms with E-state index in [1.807, 2.05) is 0 Å². The molecule has 0 unspecified atom stereocenters. The number of hydrogen-bond acceptors (Lipinski definition) is 0. The molecule has 70 heavy (non-hydrogen) atoms. The first kappa shape index (κ1) is 38.0. The van der Waals surface area contributed by atoms with Crippen molar-refractivity contribution in [3.05, 3.63) is 299 Å². The smallest absolute Gasteiger partial charge is 0.0720 e. The van der Waals surface area contributed by atoms with Crippen LogP contribution >= 0.6 is 0 Å². The number of para-hydroxylation sites is 3. The summed E-state index contributed by atoms with van der Waals surface area (Å²) in [7, 11) is 0. The quantitative estimate of drug-likeness (QED) is 0.167. The molecule has 2 aromatic heterocycles. The van der Waals surface area contributed by atoms with Gasteiger partial charge in [0.15, 0.2) is 0 Å². The highest BCUT2D eigenvalue weighted by atomic mass is 15.0. The minimum absolute atomic E-state index is 0.599. The van der Waals surface area contributed by atoms with E-state index in [4.69, 9.17) is 0 Å². The lowest BCUT2D eigenvalue weighted by Gasteiger charge is -2.48. The Labute approximate surface area is 405 Å². The van der Waals surface area contributed by atoms with E-state index >= 15 is 0 Å². The van der Waals surface area contributed by atoms with Gasteiger partial charge in [0, 0.05) is 32.7 Å². The van der Waals surface area contributed by atoms with E-state index < -0.39 is 10.8 Å². The third-order valence-electron chi connectivity index (χ3n) is 16.4. The van der Waals surface area contributed by atoms with Crippen LogP contribution in [0.3, 0.4) is 0 Å². The average Bonchev–Trinajstić information content (AvgIpc) is 4.14. The van der Waals surface area contributed by atoms with E-state index in [1.165, 1.54) is 133 Å². The Morgan fingerprint density at radius 3 is 1.06 bits per heavy atom. The summed E-state index contributed by atoms with van der Waals surface area (Å²) in [6, 6.07) is 96.2. The maximum Gasteiger partial charge on any atom is 0.0720 e. The molecule has 2 nitrogen and oxygen atoms in total. The Morgan fingerprint density at radius 2 is 0.586 bits per heavy atom. The molecule has 0 N–H and O–H groups in total. The van der Waals surface area contributed by atoms with Crippen molar-refractivity contribution in [2.75, 3.05) is 0 Å². The second-order valence-electron chi connectivity index (χ2n) is 19.4. The lowest BCUT2D eigenvalue weighted by atomic mass is 9.52. The zero-order valence-electron chi connectivity index (χ0n) is 38.1. The SMILES string of the molecule is c1ccc(-c2ccc3c(c2)c2ccccc2n3-c2cccc3c2-c2ccccc2C32c3ccccc3C3(c4ccccc4-c4c(-n5c6ccccc6c6ccccc65)cccc43)c3ccccc32)cc1. The molecule has 0 saturated heterocycles. The minimum Gasteiger partial charge on any atom is -0.309 e. The van der Waals surface area contributed by atoms with E-state index in [-0.39, 0.29) is 0 Å². The fourth-order valence-electron chi connectivity index (χ4n) is 13.9. The fourth-order valence-corrected chi connectivity index (χ4v) is 13.9. The molecule has 3 aliphatic carbocycles. The zero-order valence-corrected chi connectivity index (χ0v) is 38.1. The highest BCUT2D eigenvalue weighted by Gasteiger charge is 2.59. The first-order chi connectivity index (χ1) is 34.8. The summed E-state index contributed by atoms with van der Waals surface area (Å²) in [6.07, 6.45) is 0. The van der Waals surface area contributed by atoms with Gasteiger partial charge in [-0.2, -0.15) is 0 Å². The summed E-state index contributed by atoms with van der Waals surface area (Å²) >= 11 is 0. The predicted molar refractivity (Wildman–Crippen MR) is 289 cm³/mol. The lowest BCUT2D eigenvalue weighted by Crippen LogP contribution is -2.43. The number of nitrogens with zero attached hydrogens (tertiary/aromatic N) is 2. The maximum atomic E-state index is 2.54. The second kappa shape index (κ2) is 13.8. The van der Waals surface area contributed by atoms with Gasteiger partial charge >= 0.3 is 0 Å². The molecule has 0 radical (unpaired) electrons. The molecule has 0 bridgehead atoms. The molecule has 16 rings (SSSR count). The predicted octanol–water partition coefficient (Wildman–Crippen LogP) is 16.6. The van der Waals surface area contributed by atoms with Crippen molar-refractivity contribution in [2.24, 2.45) is 0 Å². The molecule has 13 aromatic rings. The summed E-state index contributed by atoms with van der Waals surface area (Å²) < 4.78 is 5.05. The molecule has 11 aromatic carbocycles. The Kier molecular flexibility index (Phi) is 7.51. The van der Waals surface area contributed by atoms with Crippen LogP contribution in [0.15, 0.2) is 255 Å². The minimum atomic E-state index is -0.609. The Bertz CT molecular complexity index is 4270. The standard InChI is InChI=1S/C68H42N2/c1-2-20-43(21-3-1)44-40-41-62-50(42-44)47-24-8-17-37-61(47)70(62)64-39-19-34-58-66(64)49-26-5-10-28-52(49)68(58)55-31-13-11-29-53(55)67(54-30-12-14-32-56(54)68)51-27-9-4-25-48(51)65-57(67)33-18-38-63(65)69-59-35-15-6-22-45(59)46-23-7-16-36-60(46)69/h1-42H. The van der Waals surface area contributed by atoms with Gasteiger partial charge in [-0.3, -0.25) is 0 Å². The van der Waals surface area contributed by atoms with Gasteiger partial charge in [-0.05, 0) is 109 Å². The molecule has 0 atom stereocenters. The zero-order chi connectivity index (χ0) is 45.7. The number of rotatable bonds is 3. The van der Waals surface area contributed by atoms with Crippen LogP contribution in [0.1, 0.15) is 44.5 Å². The molecule has 0 saturated carbocycles. The van der Waals surface area contributed by atoms with Crippen LogP contribution in [0.25, 0.3) is 88.4 Å². The van der Waals surface area contributed by atoms with Crippen molar-refractivity contribution >= 4 is 43.6 Å². The third kappa shape index (κ3) is 4.55. The van der Waals surface area contributed by atoms with Gasteiger partial charge in [0.1, 0.15) is 0 Å². The van der Waals surface area contributed by atoms with Crippen LogP contribution in [-0.2, 0) is 10.8 Å². The van der Waals surface area contributed by atoms with E-state index in [0.717, 1.165) is 0 Å². The molecule has 2 spiro atoms. The van der Waals surface area contributed by atoms with Gasteiger partial charge in [-0.15, -0.1) is 0 Å². The first-order valence-electron chi connectivity index (χ1n) is 24.5. The summed E-state index contributed by atoms with van der Waals surface area (Å²) in [5.74, 6) is 0. The number of fused-ring (bicyclic) bond motifs is 22. The van der Waals surface area contributed by atoms with Crippen molar-refractivity contribution in [1.82, 2.24) is 9.13 Å². The van der Waals surface area contributed by atoms with Crippen molar-refractivity contribution in [3.63, 3.8) is 0 Å². The largest absolute Gasteiger partial charge is 0.309 e. The Balaban J connectivity index is 1.00. The number of aromatic nitrogens is 2. The highest BCUT2D eigenvalue weighted by molar-refractivity contribution is 6.12. The monoisotopic (exact) mass is 886 g/mol. The summed E-state index contributed by atoms with van der Waals surface area (Å²) in [5.41, 5.74) is 24.2. The van der Waals surface area contributed by atoms with Gasteiger partial charge in [-0.25, -0.2) is 0 Å². The average molecular weight is 887 g/mol. The van der Waals surface area contributed by atoms with Crippen molar-refractivity contribution in [3.8, 4) is 44.8 Å². The van der Waals surface area contributed by atoms with Gasteiger partial charge in [0.05, 0.1) is 44.3 Å². The normalized spacial score (nSPS) is 17.0. The van der Waals surface area contributed by atoms with Gasteiger partial charge in [0.25, 0.3) is 0 Å². The van der Waals surface area contributed by atoms with Crippen LogP contribution in [0.2, 0.25) is 0 Å². The molecule has 324 valence electrons. The molecule has 3 aliphatic rings. The Hall–Kier alpha value is -8.98.